The minimum Gasteiger partial charge on any atom is -0.453 e. The highest BCUT2D eigenvalue weighted by Crippen LogP contribution is 2.36. The molecular weight excluding hydrogens is 497 g/mol. The quantitative estimate of drug-likeness (QED) is 0.594. The summed E-state index contributed by atoms with van der Waals surface area (Å²) in [4.78, 5) is 11.1. The first-order valence-corrected chi connectivity index (χ1v) is 12.8. The van der Waals surface area contributed by atoms with Crippen molar-refractivity contribution in [1.82, 2.24) is 9.62 Å². The van der Waals surface area contributed by atoms with Gasteiger partial charge in [-0.25, -0.2) is 26.4 Å². The molecule has 0 aliphatic carbocycles. The molecule has 2 aromatic carbocycles. The van der Waals surface area contributed by atoms with Crippen LogP contribution in [0.15, 0.2) is 63.2 Å². The van der Waals surface area contributed by atoms with Gasteiger partial charge in [0.1, 0.15) is 0 Å². The fraction of sp³-hybridized carbons (Fsp3) is 0.381. The van der Waals surface area contributed by atoms with Gasteiger partial charge in [-0.05, 0) is 51.1 Å². The van der Waals surface area contributed by atoms with Crippen LogP contribution in [-0.2, 0) is 30.8 Å². The van der Waals surface area contributed by atoms with Crippen LogP contribution in [0.5, 0.6) is 0 Å². The van der Waals surface area contributed by atoms with Crippen molar-refractivity contribution in [2.45, 2.75) is 47.2 Å². The molecule has 0 radical (unpaired) electrons. The zero-order valence-corrected chi connectivity index (χ0v) is 20.5. The van der Waals surface area contributed by atoms with Crippen molar-refractivity contribution in [3.63, 3.8) is 0 Å². The fourth-order valence-corrected chi connectivity index (χ4v) is 5.70. The minimum absolute atomic E-state index is 0.204. The molecule has 0 aliphatic rings. The second-order valence-corrected chi connectivity index (χ2v) is 11.8. The van der Waals surface area contributed by atoms with Gasteiger partial charge in [-0.1, -0.05) is 18.2 Å². The lowest BCUT2D eigenvalue weighted by Crippen LogP contribution is -2.49. The molecule has 0 saturated carbocycles. The van der Waals surface area contributed by atoms with Crippen molar-refractivity contribution < 1.29 is 39.5 Å². The second kappa shape index (κ2) is 9.92. The molecule has 0 fully saturated rings. The van der Waals surface area contributed by atoms with Crippen molar-refractivity contribution in [2.24, 2.45) is 0 Å². The Kier molecular flexibility index (Phi) is 8.05. The lowest BCUT2D eigenvalue weighted by molar-refractivity contribution is -0.139. The van der Waals surface area contributed by atoms with Crippen LogP contribution in [0.4, 0.5) is 18.0 Å². The molecular formula is C21H25F3N2O6S2. The van der Waals surface area contributed by atoms with E-state index in [-0.39, 0.29) is 11.4 Å². The molecule has 0 heterocycles. The third kappa shape index (κ3) is 6.27. The Balaban J connectivity index is 2.46. The summed E-state index contributed by atoms with van der Waals surface area (Å²) in [5.74, 6) is 0. The number of benzene rings is 2. The summed E-state index contributed by atoms with van der Waals surface area (Å²) in [7, 11) is -7.97. The Morgan fingerprint density at radius 1 is 0.971 bits per heavy atom. The molecule has 13 heteroatoms. The Labute approximate surface area is 196 Å². The van der Waals surface area contributed by atoms with E-state index in [1.807, 2.05) is 4.72 Å². The van der Waals surface area contributed by atoms with Crippen LogP contribution >= 0.6 is 0 Å². The van der Waals surface area contributed by atoms with E-state index in [0.717, 1.165) is 7.11 Å². The third-order valence-electron chi connectivity index (χ3n) is 4.74. The van der Waals surface area contributed by atoms with Crippen molar-refractivity contribution in [3.8, 4) is 0 Å². The summed E-state index contributed by atoms with van der Waals surface area (Å²) < 4.78 is 98.8. The Morgan fingerprint density at radius 3 is 2.06 bits per heavy atom. The Bertz CT molecular complexity index is 1240. The van der Waals surface area contributed by atoms with Crippen LogP contribution in [0.1, 0.15) is 26.3 Å². The molecule has 2 rings (SSSR count). The molecule has 0 unspecified atom stereocenters. The summed E-state index contributed by atoms with van der Waals surface area (Å²) in [6, 6.07) is 8.51. The van der Waals surface area contributed by atoms with Gasteiger partial charge in [0.2, 0.25) is 19.9 Å². The lowest BCUT2D eigenvalue weighted by Gasteiger charge is -2.34. The number of sulfonamides is 1. The SMILES string of the molecule is COC(=O)N(CCNS(=O)(=O)c1cc(S(=O)(=O)c2ccccc2)ccc1C(F)(F)F)C(C)(C)C. The smallest absolute Gasteiger partial charge is 0.417 e. The maximum absolute atomic E-state index is 13.6. The van der Waals surface area contributed by atoms with E-state index in [1.54, 1.807) is 26.8 Å². The fourth-order valence-electron chi connectivity index (χ4n) is 3.04. The van der Waals surface area contributed by atoms with E-state index in [0.29, 0.717) is 18.2 Å². The van der Waals surface area contributed by atoms with Crippen molar-refractivity contribution in [2.75, 3.05) is 20.2 Å². The predicted octanol–water partition coefficient (Wildman–Crippen LogP) is 3.68. The number of rotatable bonds is 7. The van der Waals surface area contributed by atoms with E-state index in [1.165, 1.54) is 29.2 Å². The molecule has 8 nitrogen and oxygen atoms in total. The van der Waals surface area contributed by atoms with Crippen molar-refractivity contribution >= 4 is 26.0 Å². The molecule has 34 heavy (non-hydrogen) atoms. The predicted molar refractivity (Wildman–Crippen MR) is 117 cm³/mol. The van der Waals surface area contributed by atoms with Gasteiger partial charge in [-0.15, -0.1) is 0 Å². The molecule has 1 amide bonds. The second-order valence-electron chi connectivity index (χ2n) is 8.16. The van der Waals surface area contributed by atoms with Crippen LogP contribution in [0.3, 0.4) is 0 Å². The summed E-state index contributed by atoms with van der Waals surface area (Å²) in [5.41, 5.74) is -2.29. The molecule has 0 bridgehead atoms. The molecule has 188 valence electrons. The van der Waals surface area contributed by atoms with E-state index >= 15 is 0 Å². The first-order chi connectivity index (χ1) is 15.5. The number of hydrogen-bond acceptors (Lipinski definition) is 6. The summed E-state index contributed by atoms with van der Waals surface area (Å²) in [6.07, 6.45) is -5.82. The molecule has 0 aromatic heterocycles. The van der Waals surface area contributed by atoms with E-state index < -0.39 is 59.6 Å². The van der Waals surface area contributed by atoms with Gasteiger partial charge in [0.15, 0.2) is 0 Å². The van der Waals surface area contributed by atoms with Crippen LogP contribution < -0.4 is 4.72 Å². The van der Waals surface area contributed by atoms with E-state index in [9.17, 15) is 34.8 Å². The highest BCUT2D eigenvalue weighted by Gasteiger charge is 2.38. The number of sulfone groups is 1. The average molecular weight is 523 g/mol. The molecule has 0 atom stereocenters. The number of carbonyl (C=O) groups excluding carboxylic acids is 1. The summed E-state index contributed by atoms with van der Waals surface area (Å²) >= 11 is 0. The molecule has 0 aliphatic heterocycles. The number of carbonyl (C=O) groups is 1. The largest absolute Gasteiger partial charge is 0.453 e. The standard InChI is InChI=1S/C21H25F3N2O6S2/c1-20(2,3)26(19(27)32-4)13-12-25-34(30,31)18-14-16(10-11-17(18)21(22,23)24)33(28,29)15-8-6-5-7-9-15/h5-11,14,25H,12-13H2,1-4H3. The molecule has 0 spiro atoms. The van der Waals surface area contributed by atoms with Crippen molar-refractivity contribution in [1.29, 1.82) is 0 Å². The molecule has 2 aromatic rings. The number of halogens is 3. The monoisotopic (exact) mass is 522 g/mol. The normalized spacial score (nSPS) is 12.9. The Hall–Kier alpha value is -2.64. The van der Waals surface area contributed by atoms with Gasteiger partial charge in [-0.3, -0.25) is 0 Å². The van der Waals surface area contributed by atoms with Crippen LogP contribution in [0.2, 0.25) is 0 Å². The molecule has 0 saturated heterocycles. The number of nitrogens with zero attached hydrogens (tertiary/aromatic N) is 1. The van der Waals surface area contributed by atoms with E-state index in [4.69, 9.17) is 0 Å². The summed E-state index contributed by atoms with van der Waals surface area (Å²) in [5, 5.41) is 0. The van der Waals surface area contributed by atoms with Gasteiger partial charge < -0.3 is 9.64 Å². The van der Waals surface area contributed by atoms with Gasteiger partial charge in [-0.2, -0.15) is 13.2 Å². The highest BCUT2D eigenvalue weighted by molar-refractivity contribution is 7.91. The zero-order valence-electron chi connectivity index (χ0n) is 18.9. The Morgan fingerprint density at radius 2 is 1.56 bits per heavy atom. The number of nitrogens with one attached hydrogen (secondary N) is 1. The zero-order chi connectivity index (χ0) is 25.9. The topological polar surface area (TPSA) is 110 Å². The van der Waals surface area contributed by atoms with Crippen molar-refractivity contribution in [3.05, 3.63) is 54.1 Å². The lowest BCUT2D eigenvalue weighted by atomic mass is 10.1. The highest BCUT2D eigenvalue weighted by atomic mass is 32.2. The van der Waals surface area contributed by atoms with Crippen LogP contribution in [-0.4, -0.2) is 53.6 Å². The third-order valence-corrected chi connectivity index (χ3v) is 8.01. The first-order valence-electron chi connectivity index (χ1n) is 9.88. The number of hydrogen-bond donors (Lipinski definition) is 1. The molecule has 1 N–H and O–H groups in total. The maximum atomic E-state index is 13.6. The first kappa shape index (κ1) is 27.6. The van der Waals surface area contributed by atoms with Gasteiger partial charge in [0.25, 0.3) is 0 Å². The van der Waals surface area contributed by atoms with Gasteiger partial charge in [0, 0.05) is 18.6 Å². The number of amides is 1. The number of ether oxygens (including phenoxy) is 1. The number of alkyl halides is 3. The summed E-state index contributed by atoms with van der Waals surface area (Å²) in [6.45, 7) is 4.34. The maximum Gasteiger partial charge on any atom is 0.417 e. The van der Waals surface area contributed by atoms with Gasteiger partial charge in [0.05, 0.1) is 27.4 Å². The van der Waals surface area contributed by atoms with E-state index in [2.05, 4.69) is 4.74 Å². The van der Waals surface area contributed by atoms with Crippen LogP contribution in [0.25, 0.3) is 0 Å². The van der Waals surface area contributed by atoms with Gasteiger partial charge >= 0.3 is 12.3 Å². The minimum atomic E-state index is -5.07. The average Bonchev–Trinajstić information content (AvgIpc) is 2.75. The number of methoxy groups -OCH3 is 1. The van der Waals surface area contributed by atoms with Crippen LogP contribution in [0, 0.1) is 0 Å².